The van der Waals surface area contributed by atoms with Crippen LogP contribution < -0.4 is 5.32 Å². The molecule has 1 saturated heterocycles. The molecular formula is C14H17BrN2O. The standard InChI is InChI=1S/C14H17BrN2O/c15-12-2-1-11-9-17(14(18)13(11)7-12)8-10-3-5-16-6-4-10/h1-2,7,10,16H,3-6,8-9H2. The normalized spacial score (nSPS) is 20.3. The summed E-state index contributed by atoms with van der Waals surface area (Å²) < 4.78 is 0.985. The van der Waals surface area contributed by atoms with E-state index in [0.717, 1.165) is 41.8 Å². The van der Waals surface area contributed by atoms with Gasteiger partial charge in [-0.25, -0.2) is 0 Å². The Bertz CT molecular complexity index is 469. The molecule has 0 spiro atoms. The maximum atomic E-state index is 12.3. The molecule has 1 aromatic rings. The number of halogens is 1. The van der Waals surface area contributed by atoms with E-state index in [1.807, 2.05) is 17.0 Å². The predicted octanol–water partition coefficient (Wildman–Crippen LogP) is 2.40. The maximum Gasteiger partial charge on any atom is 0.254 e. The van der Waals surface area contributed by atoms with Gasteiger partial charge >= 0.3 is 0 Å². The number of amides is 1. The van der Waals surface area contributed by atoms with Crippen LogP contribution in [-0.2, 0) is 6.54 Å². The third kappa shape index (κ3) is 2.31. The van der Waals surface area contributed by atoms with Gasteiger partial charge in [0.2, 0.25) is 0 Å². The summed E-state index contributed by atoms with van der Waals surface area (Å²) in [5.74, 6) is 0.859. The third-order valence-electron chi connectivity index (χ3n) is 3.89. The molecule has 1 N–H and O–H groups in total. The third-order valence-corrected chi connectivity index (χ3v) is 4.38. The van der Waals surface area contributed by atoms with Gasteiger partial charge in [0.1, 0.15) is 0 Å². The number of carbonyl (C=O) groups excluding carboxylic acids is 1. The van der Waals surface area contributed by atoms with Crippen molar-refractivity contribution in [1.82, 2.24) is 10.2 Å². The van der Waals surface area contributed by atoms with Gasteiger partial charge < -0.3 is 10.2 Å². The van der Waals surface area contributed by atoms with Crippen molar-refractivity contribution in [3.63, 3.8) is 0 Å². The first-order valence-electron chi connectivity index (χ1n) is 6.52. The Kier molecular flexibility index (Phi) is 3.39. The number of piperidine rings is 1. The first-order valence-corrected chi connectivity index (χ1v) is 7.32. The Morgan fingerprint density at radius 1 is 1.33 bits per heavy atom. The second-order valence-corrected chi connectivity index (χ2v) is 6.10. The molecule has 0 atom stereocenters. The van der Waals surface area contributed by atoms with Crippen molar-refractivity contribution < 1.29 is 4.79 Å². The van der Waals surface area contributed by atoms with Gasteiger partial charge in [0, 0.05) is 23.1 Å². The van der Waals surface area contributed by atoms with E-state index in [1.165, 1.54) is 12.8 Å². The fraction of sp³-hybridized carbons (Fsp3) is 0.500. The monoisotopic (exact) mass is 308 g/mol. The summed E-state index contributed by atoms with van der Waals surface area (Å²) in [5.41, 5.74) is 2.04. The van der Waals surface area contributed by atoms with Crippen molar-refractivity contribution in [1.29, 1.82) is 0 Å². The minimum Gasteiger partial charge on any atom is -0.334 e. The van der Waals surface area contributed by atoms with Crippen LogP contribution in [0.4, 0.5) is 0 Å². The topological polar surface area (TPSA) is 32.3 Å². The lowest BCUT2D eigenvalue weighted by atomic mass is 9.98. The van der Waals surface area contributed by atoms with Crippen molar-refractivity contribution in [3.05, 3.63) is 33.8 Å². The summed E-state index contributed by atoms with van der Waals surface area (Å²) in [6.07, 6.45) is 2.37. The number of benzene rings is 1. The summed E-state index contributed by atoms with van der Waals surface area (Å²) in [6.45, 7) is 3.87. The van der Waals surface area contributed by atoms with Gasteiger partial charge in [0.25, 0.3) is 5.91 Å². The molecule has 0 aliphatic carbocycles. The van der Waals surface area contributed by atoms with Crippen LogP contribution in [0.3, 0.4) is 0 Å². The van der Waals surface area contributed by atoms with Crippen LogP contribution in [0.1, 0.15) is 28.8 Å². The summed E-state index contributed by atoms with van der Waals surface area (Å²) in [4.78, 5) is 14.3. The van der Waals surface area contributed by atoms with Gasteiger partial charge in [-0.1, -0.05) is 22.0 Å². The van der Waals surface area contributed by atoms with E-state index in [4.69, 9.17) is 0 Å². The molecule has 0 radical (unpaired) electrons. The Morgan fingerprint density at radius 3 is 2.89 bits per heavy atom. The molecular weight excluding hydrogens is 292 g/mol. The molecule has 1 aromatic carbocycles. The average Bonchev–Trinajstić information content (AvgIpc) is 2.68. The number of rotatable bonds is 2. The molecule has 2 heterocycles. The largest absolute Gasteiger partial charge is 0.334 e. The molecule has 0 bridgehead atoms. The molecule has 1 amide bonds. The number of nitrogens with one attached hydrogen (secondary N) is 1. The summed E-state index contributed by atoms with van der Waals surface area (Å²) in [6, 6.07) is 6.01. The quantitative estimate of drug-likeness (QED) is 0.910. The highest BCUT2D eigenvalue weighted by Gasteiger charge is 2.29. The molecule has 0 unspecified atom stereocenters. The Hall–Kier alpha value is -0.870. The molecule has 2 aliphatic heterocycles. The van der Waals surface area contributed by atoms with Crippen LogP contribution >= 0.6 is 15.9 Å². The van der Waals surface area contributed by atoms with Gasteiger partial charge in [-0.15, -0.1) is 0 Å². The Balaban J connectivity index is 1.71. The number of fused-ring (bicyclic) bond motifs is 1. The SMILES string of the molecule is O=C1c2cc(Br)ccc2CN1CC1CCNCC1. The molecule has 1 fully saturated rings. The zero-order chi connectivity index (χ0) is 12.5. The van der Waals surface area contributed by atoms with Gasteiger partial charge in [-0.3, -0.25) is 4.79 Å². The van der Waals surface area contributed by atoms with E-state index in [2.05, 4.69) is 27.3 Å². The van der Waals surface area contributed by atoms with E-state index in [-0.39, 0.29) is 5.91 Å². The van der Waals surface area contributed by atoms with Gasteiger partial charge in [0.15, 0.2) is 0 Å². The zero-order valence-corrected chi connectivity index (χ0v) is 11.9. The van der Waals surface area contributed by atoms with E-state index < -0.39 is 0 Å². The summed E-state index contributed by atoms with van der Waals surface area (Å²) >= 11 is 3.43. The molecule has 96 valence electrons. The molecule has 4 heteroatoms. The molecule has 18 heavy (non-hydrogen) atoms. The van der Waals surface area contributed by atoms with Crippen molar-refractivity contribution in [2.45, 2.75) is 19.4 Å². The molecule has 3 nitrogen and oxygen atoms in total. The highest BCUT2D eigenvalue weighted by atomic mass is 79.9. The smallest absolute Gasteiger partial charge is 0.254 e. The van der Waals surface area contributed by atoms with Gasteiger partial charge in [-0.2, -0.15) is 0 Å². The van der Waals surface area contributed by atoms with Crippen LogP contribution in [0.15, 0.2) is 22.7 Å². The summed E-state index contributed by atoms with van der Waals surface area (Å²) in [7, 11) is 0. The van der Waals surface area contributed by atoms with Crippen LogP contribution in [0.5, 0.6) is 0 Å². The second kappa shape index (κ2) is 5.02. The zero-order valence-electron chi connectivity index (χ0n) is 10.3. The molecule has 0 saturated carbocycles. The molecule has 3 rings (SSSR count). The van der Waals surface area contributed by atoms with Crippen LogP contribution in [0.25, 0.3) is 0 Å². The molecule has 2 aliphatic rings. The first kappa shape index (κ1) is 12.2. The lowest BCUT2D eigenvalue weighted by Gasteiger charge is -2.27. The Labute approximate surface area is 116 Å². The van der Waals surface area contributed by atoms with Gasteiger partial charge in [-0.05, 0) is 49.5 Å². The fourth-order valence-corrected chi connectivity index (χ4v) is 3.22. The molecule has 0 aromatic heterocycles. The van der Waals surface area contributed by atoms with Crippen molar-refractivity contribution in [2.24, 2.45) is 5.92 Å². The fourth-order valence-electron chi connectivity index (χ4n) is 2.86. The van der Waals surface area contributed by atoms with E-state index in [9.17, 15) is 4.79 Å². The highest BCUT2D eigenvalue weighted by Crippen LogP contribution is 2.27. The van der Waals surface area contributed by atoms with Crippen LogP contribution in [0, 0.1) is 5.92 Å². The number of nitrogens with zero attached hydrogens (tertiary/aromatic N) is 1. The number of carbonyl (C=O) groups is 1. The average molecular weight is 309 g/mol. The lowest BCUT2D eigenvalue weighted by molar-refractivity contribution is 0.0740. The van der Waals surface area contributed by atoms with E-state index in [0.29, 0.717) is 5.92 Å². The maximum absolute atomic E-state index is 12.3. The highest BCUT2D eigenvalue weighted by molar-refractivity contribution is 9.10. The minimum absolute atomic E-state index is 0.199. The lowest BCUT2D eigenvalue weighted by Crippen LogP contribution is -2.36. The van der Waals surface area contributed by atoms with Crippen LogP contribution in [-0.4, -0.2) is 30.4 Å². The summed E-state index contributed by atoms with van der Waals surface area (Å²) in [5, 5.41) is 3.37. The predicted molar refractivity (Wildman–Crippen MR) is 74.5 cm³/mol. The van der Waals surface area contributed by atoms with Crippen LogP contribution in [0.2, 0.25) is 0 Å². The van der Waals surface area contributed by atoms with Crippen molar-refractivity contribution in [3.8, 4) is 0 Å². The first-order chi connectivity index (χ1) is 8.74. The van der Waals surface area contributed by atoms with E-state index >= 15 is 0 Å². The van der Waals surface area contributed by atoms with E-state index in [1.54, 1.807) is 0 Å². The van der Waals surface area contributed by atoms with Gasteiger partial charge in [0.05, 0.1) is 0 Å². The second-order valence-electron chi connectivity index (χ2n) is 5.18. The minimum atomic E-state index is 0.199. The van der Waals surface area contributed by atoms with Crippen molar-refractivity contribution in [2.75, 3.05) is 19.6 Å². The number of hydrogen-bond donors (Lipinski definition) is 1. The number of hydrogen-bond acceptors (Lipinski definition) is 2. The van der Waals surface area contributed by atoms with Crippen molar-refractivity contribution >= 4 is 21.8 Å². The Morgan fingerprint density at radius 2 is 2.11 bits per heavy atom.